The zero-order valence-corrected chi connectivity index (χ0v) is 16.4. The Hall–Kier alpha value is -0.500. The van der Waals surface area contributed by atoms with Gasteiger partial charge in [-0.15, -0.1) is 11.8 Å². The molecule has 0 amide bonds. The predicted octanol–water partition coefficient (Wildman–Crippen LogP) is 6.16. The highest BCUT2D eigenvalue weighted by molar-refractivity contribution is 8.03. The number of fused-ring (bicyclic) bond motifs is 5. The first kappa shape index (κ1) is 16.9. The summed E-state index contributed by atoms with van der Waals surface area (Å²) in [5, 5.41) is 0. The quantitative estimate of drug-likeness (QED) is 0.610. The van der Waals surface area contributed by atoms with Crippen LogP contribution in [0.25, 0.3) is 0 Å². The maximum Gasteiger partial charge on any atom is 0.179 e. The molecule has 1 nitrogen and oxygen atoms in total. The van der Waals surface area contributed by atoms with Crippen molar-refractivity contribution in [1.82, 2.24) is 0 Å². The van der Waals surface area contributed by atoms with E-state index in [2.05, 4.69) is 20.8 Å². The largest absolute Gasteiger partial charge is 0.290 e. The number of allylic oxidation sites excluding steroid dienone is 4. The summed E-state index contributed by atoms with van der Waals surface area (Å²) in [6, 6.07) is 0. The van der Waals surface area contributed by atoms with Crippen LogP contribution < -0.4 is 0 Å². The molecule has 0 radical (unpaired) electrons. The van der Waals surface area contributed by atoms with E-state index in [1.807, 2.05) is 23.9 Å². The number of ketones is 1. The van der Waals surface area contributed by atoms with E-state index < -0.39 is 0 Å². The number of carbonyl (C=O) groups is 1. The third-order valence-corrected chi connectivity index (χ3v) is 9.40. The van der Waals surface area contributed by atoms with Crippen LogP contribution in [0.3, 0.4) is 0 Å². The molecule has 4 rings (SSSR count). The Kier molecular flexibility index (Phi) is 4.26. The Morgan fingerprint density at radius 2 is 1.96 bits per heavy atom. The minimum absolute atomic E-state index is 0.153. The summed E-state index contributed by atoms with van der Waals surface area (Å²) >= 11 is 1.97. The van der Waals surface area contributed by atoms with Gasteiger partial charge >= 0.3 is 0 Å². The van der Waals surface area contributed by atoms with Gasteiger partial charge in [-0.25, -0.2) is 0 Å². The number of thioether (sulfide) groups is 1. The van der Waals surface area contributed by atoms with E-state index in [0.717, 1.165) is 29.9 Å². The fraction of sp³-hybridized carbons (Fsp3) is 0.773. The molecule has 0 N–H and O–H groups in total. The van der Waals surface area contributed by atoms with Gasteiger partial charge in [-0.1, -0.05) is 32.8 Å². The van der Waals surface area contributed by atoms with Crippen LogP contribution >= 0.6 is 11.8 Å². The van der Waals surface area contributed by atoms with Gasteiger partial charge in [0.25, 0.3) is 0 Å². The molecule has 3 fully saturated rings. The number of rotatable bonds is 3. The molecule has 0 bridgehead atoms. The molecule has 3 saturated carbocycles. The lowest BCUT2D eigenvalue weighted by Gasteiger charge is -2.57. The van der Waals surface area contributed by atoms with Crippen molar-refractivity contribution in [1.29, 1.82) is 0 Å². The molecule has 0 heterocycles. The molecule has 0 aromatic heterocycles. The van der Waals surface area contributed by atoms with Crippen LogP contribution in [-0.4, -0.2) is 11.5 Å². The lowest BCUT2D eigenvalue weighted by atomic mass is 9.48. The molecule has 132 valence electrons. The number of carbonyl (C=O) groups excluding carboxylic acids is 1. The van der Waals surface area contributed by atoms with Crippen LogP contribution in [0.4, 0.5) is 0 Å². The molecule has 0 unspecified atom stereocenters. The first-order valence-electron chi connectivity index (χ1n) is 10.1. The molecule has 0 aromatic rings. The summed E-state index contributed by atoms with van der Waals surface area (Å²) in [6.45, 7) is 7.29. The van der Waals surface area contributed by atoms with Crippen LogP contribution in [-0.2, 0) is 4.79 Å². The molecule has 0 aliphatic heterocycles. The van der Waals surface area contributed by atoms with E-state index in [1.165, 1.54) is 55.4 Å². The molecule has 0 spiro atoms. The lowest BCUT2D eigenvalue weighted by molar-refractivity contribution is -0.111. The first-order chi connectivity index (χ1) is 11.5. The SMILES string of the molecule is CCCSC1=CC(=O)C=C2CC[C@H]3[C@@H]4CCC[C@@]4(C)CC[C@@H]3[C@]21C. The van der Waals surface area contributed by atoms with Gasteiger partial charge in [-0.3, -0.25) is 4.79 Å². The van der Waals surface area contributed by atoms with Gasteiger partial charge in [0.15, 0.2) is 5.78 Å². The minimum atomic E-state index is 0.153. The molecule has 0 saturated heterocycles. The summed E-state index contributed by atoms with van der Waals surface area (Å²) in [4.78, 5) is 13.7. The fourth-order valence-electron chi connectivity index (χ4n) is 6.68. The standard InChI is InChI=1S/C22H32OS/c1-4-12-24-20-14-16(23)13-15-7-8-17-18-6-5-10-21(18,2)11-9-19(17)22(15,20)3/h13-14,17-19H,4-12H2,1-3H3/t17-,18-,19-,21-,22-/m0/s1. The van der Waals surface area contributed by atoms with Crippen molar-refractivity contribution < 1.29 is 4.79 Å². The molecule has 5 atom stereocenters. The summed E-state index contributed by atoms with van der Waals surface area (Å²) in [6.07, 6.45) is 14.7. The number of hydrogen-bond acceptors (Lipinski definition) is 2. The molecule has 4 aliphatic carbocycles. The Morgan fingerprint density at radius 3 is 2.75 bits per heavy atom. The Bertz CT molecular complexity index is 603. The third-order valence-electron chi connectivity index (χ3n) is 7.94. The second kappa shape index (κ2) is 6.04. The highest BCUT2D eigenvalue weighted by atomic mass is 32.2. The third kappa shape index (κ3) is 2.39. The highest BCUT2D eigenvalue weighted by Gasteiger charge is 2.57. The van der Waals surface area contributed by atoms with Gasteiger partial charge in [-0.2, -0.15) is 0 Å². The van der Waals surface area contributed by atoms with E-state index in [9.17, 15) is 4.79 Å². The average Bonchev–Trinajstić information content (AvgIpc) is 2.95. The van der Waals surface area contributed by atoms with Crippen LogP contribution in [0.15, 0.2) is 22.6 Å². The summed E-state index contributed by atoms with van der Waals surface area (Å²) in [5.41, 5.74) is 2.22. The minimum Gasteiger partial charge on any atom is -0.290 e. The van der Waals surface area contributed by atoms with E-state index in [-0.39, 0.29) is 11.2 Å². The van der Waals surface area contributed by atoms with Crippen LogP contribution in [0.1, 0.15) is 72.1 Å². The second-order valence-electron chi connectivity index (χ2n) is 9.13. The van der Waals surface area contributed by atoms with Crippen molar-refractivity contribution in [3.63, 3.8) is 0 Å². The van der Waals surface area contributed by atoms with E-state index in [4.69, 9.17) is 0 Å². The normalized spacial score (nSPS) is 44.3. The Morgan fingerprint density at radius 1 is 1.12 bits per heavy atom. The Balaban J connectivity index is 1.70. The van der Waals surface area contributed by atoms with Crippen molar-refractivity contribution in [3.05, 3.63) is 22.6 Å². The maximum absolute atomic E-state index is 12.3. The van der Waals surface area contributed by atoms with Gasteiger partial charge in [0.2, 0.25) is 0 Å². The van der Waals surface area contributed by atoms with Crippen molar-refractivity contribution in [3.8, 4) is 0 Å². The van der Waals surface area contributed by atoms with Crippen LogP contribution in [0, 0.1) is 28.6 Å². The van der Waals surface area contributed by atoms with Gasteiger partial charge in [-0.05, 0) is 90.9 Å². The van der Waals surface area contributed by atoms with Crippen molar-refractivity contribution >= 4 is 17.5 Å². The van der Waals surface area contributed by atoms with Crippen LogP contribution in [0.2, 0.25) is 0 Å². The van der Waals surface area contributed by atoms with E-state index in [0.29, 0.717) is 5.41 Å². The summed E-state index contributed by atoms with van der Waals surface area (Å²) in [5.74, 6) is 3.95. The average molecular weight is 345 g/mol. The summed E-state index contributed by atoms with van der Waals surface area (Å²) in [7, 11) is 0. The topological polar surface area (TPSA) is 17.1 Å². The highest BCUT2D eigenvalue weighted by Crippen LogP contribution is 2.66. The van der Waals surface area contributed by atoms with Crippen molar-refractivity contribution in [2.75, 3.05) is 5.75 Å². The van der Waals surface area contributed by atoms with Crippen LogP contribution in [0.5, 0.6) is 0 Å². The smallest absolute Gasteiger partial charge is 0.179 e. The maximum atomic E-state index is 12.3. The van der Waals surface area contributed by atoms with E-state index in [1.54, 1.807) is 0 Å². The first-order valence-corrected chi connectivity index (χ1v) is 11.1. The molecule has 2 heteroatoms. The molecule has 0 aromatic carbocycles. The van der Waals surface area contributed by atoms with Crippen molar-refractivity contribution in [2.45, 2.75) is 72.1 Å². The number of hydrogen-bond donors (Lipinski definition) is 0. The summed E-state index contributed by atoms with van der Waals surface area (Å²) < 4.78 is 0. The monoisotopic (exact) mass is 344 g/mol. The lowest BCUT2D eigenvalue weighted by Crippen LogP contribution is -2.49. The predicted molar refractivity (Wildman–Crippen MR) is 103 cm³/mol. The zero-order valence-electron chi connectivity index (χ0n) is 15.6. The molecular formula is C22H32OS. The van der Waals surface area contributed by atoms with E-state index >= 15 is 0 Å². The second-order valence-corrected chi connectivity index (χ2v) is 10.3. The van der Waals surface area contributed by atoms with Gasteiger partial charge in [0, 0.05) is 5.41 Å². The molecule has 24 heavy (non-hydrogen) atoms. The Labute approximate surface area is 151 Å². The van der Waals surface area contributed by atoms with Crippen molar-refractivity contribution in [2.24, 2.45) is 28.6 Å². The van der Waals surface area contributed by atoms with Gasteiger partial charge in [0.1, 0.15) is 0 Å². The van der Waals surface area contributed by atoms with Gasteiger partial charge < -0.3 is 0 Å². The molecule has 4 aliphatic rings. The van der Waals surface area contributed by atoms with Gasteiger partial charge in [0.05, 0.1) is 0 Å². The zero-order chi connectivity index (χ0) is 16.9. The fourth-order valence-corrected chi connectivity index (χ4v) is 7.88. The molecular weight excluding hydrogens is 312 g/mol.